The molecule has 0 heterocycles. The lowest BCUT2D eigenvalue weighted by atomic mass is 10.0. The summed E-state index contributed by atoms with van der Waals surface area (Å²) in [6.07, 6.45) is 0.717. The average Bonchev–Trinajstić information content (AvgIpc) is 2.69. The van der Waals surface area contributed by atoms with E-state index in [1.165, 1.54) is 0 Å². The minimum Gasteiger partial charge on any atom is -0.371 e. The number of benzene rings is 2. The predicted octanol–water partition coefficient (Wildman–Crippen LogP) is 2.71. The molecule has 0 aliphatic rings. The molecule has 2 N–H and O–H groups in total. The topological polar surface area (TPSA) is 115 Å². The molecule has 31 heavy (non-hydrogen) atoms. The molecular weight excluding hydrogens is 440 g/mol. The van der Waals surface area contributed by atoms with Crippen molar-refractivity contribution in [2.45, 2.75) is 20.3 Å². The first kappa shape index (κ1) is 25.1. The van der Waals surface area contributed by atoms with Crippen LogP contribution < -0.4 is 9.80 Å². The van der Waals surface area contributed by atoms with E-state index in [2.05, 4.69) is 0 Å². The summed E-state index contributed by atoms with van der Waals surface area (Å²) >= 11 is 0. The molecule has 2 aromatic rings. The van der Waals surface area contributed by atoms with E-state index in [-0.39, 0.29) is 24.6 Å². The summed E-state index contributed by atoms with van der Waals surface area (Å²) in [6.45, 7) is 5.55. The highest BCUT2D eigenvalue weighted by molar-refractivity contribution is 7.86. The van der Waals surface area contributed by atoms with Gasteiger partial charge in [-0.2, -0.15) is 16.8 Å². The minimum atomic E-state index is -4.00. The van der Waals surface area contributed by atoms with Gasteiger partial charge in [0.05, 0.1) is 11.5 Å². The molecule has 2 rings (SSSR count). The molecule has 0 radical (unpaired) electrons. The molecule has 0 atom stereocenters. The maximum Gasteiger partial charge on any atom is 0.266 e. The predicted molar refractivity (Wildman–Crippen MR) is 124 cm³/mol. The molecule has 0 aliphatic heterocycles. The Morgan fingerprint density at radius 2 is 0.968 bits per heavy atom. The molecule has 0 spiro atoms. The van der Waals surface area contributed by atoms with Crippen molar-refractivity contribution in [2.24, 2.45) is 0 Å². The summed E-state index contributed by atoms with van der Waals surface area (Å²) in [6, 6.07) is 15.7. The van der Waals surface area contributed by atoms with Crippen molar-refractivity contribution in [3.8, 4) is 0 Å². The second kappa shape index (κ2) is 10.9. The molecule has 172 valence electrons. The van der Waals surface area contributed by atoms with E-state index in [0.717, 1.165) is 28.9 Å². The van der Waals surface area contributed by atoms with Crippen LogP contribution in [-0.4, -0.2) is 63.6 Å². The molecule has 10 heteroatoms. The summed E-state index contributed by atoms with van der Waals surface area (Å²) in [4.78, 5) is 3.77. The first-order chi connectivity index (χ1) is 14.5. The van der Waals surface area contributed by atoms with Crippen LogP contribution in [0.15, 0.2) is 48.5 Å². The highest BCUT2D eigenvalue weighted by Crippen LogP contribution is 2.20. The summed E-state index contributed by atoms with van der Waals surface area (Å²) in [5.74, 6) is -0.623. The Morgan fingerprint density at radius 3 is 1.23 bits per heavy atom. The molecular formula is C21H30N2O6S2. The molecule has 0 saturated carbocycles. The van der Waals surface area contributed by atoms with E-state index in [1.807, 2.05) is 72.2 Å². The average molecular weight is 471 g/mol. The van der Waals surface area contributed by atoms with Crippen LogP contribution in [0.2, 0.25) is 0 Å². The van der Waals surface area contributed by atoms with Crippen molar-refractivity contribution in [2.75, 3.05) is 47.5 Å². The summed E-state index contributed by atoms with van der Waals surface area (Å²) < 4.78 is 61.9. The fourth-order valence-corrected chi connectivity index (χ4v) is 4.18. The van der Waals surface area contributed by atoms with E-state index in [4.69, 9.17) is 9.11 Å². The fraction of sp³-hybridized carbons (Fsp3) is 0.429. The zero-order valence-electron chi connectivity index (χ0n) is 17.8. The van der Waals surface area contributed by atoms with E-state index < -0.39 is 20.2 Å². The van der Waals surface area contributed by atoms with Crippen LogP contribution in [0.5, 0.6) is 0 Å². The van der Waals surface area contributed by atoms with Gasteiger partial charge in [0, 0.05) is 37.6 Å². The van der Waals surface area contributed by atoms with Crippen LogP contribution >= 0.6 is 0 Å². The number of nitrogens with zero attached hydrogens (tertiary/aromatic N) is 2. The van der Waals surface area contributed by atoms with Crippen LogP contribution in [0.3, 0.4) is 0 Å². The normalized spacial score (nSPS) is 12.0. The Bertz CT molecular complexity index is 951. The molecule has 0 bridgehead atoms. The summed E-state index contributed by atoms with van der Waals surface area (Å²) in [7, 11) is -7.99. The monoisotopic (exact) mass is 470 g/mol. The number of hydrogen-bond acceptors (Lipinski definition) is 6. The van der Waals surface area contributed by atoms with E-state index in [1.54, 1.807) is 0 Å². The van der Waals surface area contributed by atoms with Crippen molar-refractivity contribution in [1.82, 2.24) is 0 Å². The van der Waals surface area contributed by atoms with Crippen LogP contribution in [0, 0.1) is 0 Å². The molecule has 2 aromatic carbocycles. The van der Waals surface area contributed by atoms with Crippen LogP contribution in [0.1, 0.15) is 25.0 Å². The second-order valence-corrected chi connectivity index (χ2v) is 10.4. The molecule has 0 saturated heterocycles. The molecule has 8 nitrogen and oxygen atoms in total. The highest BCUT2D eigenvalue weighted by Gasteiger charge is 2.12. The fourth-order valence-electron chi connectivity index (χ4n) is 3.28. The van der Waals surface area contributed by atoms with Gasteiger partial charge in [-0.1, -0.05) is 24.3 Å². The van der Waals surface area contributed by atoms with Gasteiger partial charge in [-0.25, -0.2) is 0 Å². The second-order valence-electron chi connectivity index (χ2n) is 7.24. The summed E-state index contributed by atoms with van der Waals surface area (Å²) in [5, 5.41) is 0. The van der Waals surface area contributed by atoms with Crippen molar-refractivity contribution < 1.29 is 25.9 Å². The Labute approximate surface area is 185 Å². The Hall–Kier alpha value is -2.14. The molecule has 0 fully saturated rings. The molecule has 0 aliphatic carbocycles. The van der Waals surface area contributed by atoms with Gasteiger partial charge in [0.2, 0.25) is 0 Å². The molecule has 0 amide bonds. The SMILES string of the molecule is CCN(CCS(=O)(=O)O)c1ccc(Cc2ccc(N(CC)CCS(=O)(=O)O)cc2)cc1. The smallest absolute Gasteiger partial charge is 0.266 e. The van der Waals surface area contributed by atoms with Crippen molar-refractivity contribution in [3.05, 3.63) is 59.7 Å². The van der Waals surface area contributed by atoms with Gasteiger partial charge in [0.25, 0.3) is 20.2 Å². The lowest BCUT2D eigenvalue weighted by Crippen LogP contribution is -2.28. The Balaban J connectivity index is 2.01. The highest BCUT2D eigenvalue weighted by atomic mass is 32.2. The number of hydrogen-bond donors (Lipinski definition) is 2. The van der Waals surface area contributed by atoms with Crippen molar-refractivity contribution >= 4 is 31.6 Å². The Morgan fingerprint density at radius 1 is 0.645 bits per heavy atom. The van der Waals surface area contributed by atoms with E-state index >= 15 is 0 Å². The van der Waals surface area contributed by atoms with Gasteiger partial charge in [-0.05, 0) is 55.7 Å². The van der Waals surface area contributed by atoms with Crippen LogP contribution in [-0.2, 0) is 26.7 Å². The zero-order valence-corrected chi connectivity index (χ0v) is 19.4. The third kappa shape index (κ3) is 8.86. The third-order valence-electron chi connectivity index (χ3n) is 5.01. The molecule has 0 unspecified atom stereocenters. The maximum absolute atomic E-state index is 11.0. The van der Waals surface area contributed by atoms with Gasteiger partial charge < -0.3 is 9.80 Å². The standard InChI is InChI=1S/C21H30N2O6S2/c1-3-22(13-15-30(24,25)26)20-9-5-18(6-10-20)17-19-7-11-21(12-8-19)23(4-2)14-16-31(27,28)29/h5-12H,3-4,13-17H2,1-2H3,(H,24,25,26)(H,27,28,29). The zero-order chi connectivity index (χ0) is 23.1. The molecule has 0 aromatic heterocycles. The third-order valence-corrected chi connectivity index (χ3v) is 6.41. The van der Waals surface area contributed by atoms with Crippen LogP contribution in [0.25, 0.3) is 0 Å². The maximum atomic E-state index is 11.0. The van der Waals surface area contributed by atoms with E-state index in [9.17, 15) is 16.8 Å². The van der Waals surface area contributed by atoms with Crippen molar-refractivity contribution in [1.29, 1.82) is 0 Å². The lowest BCUT2D eigenvalue weighted by molar-refractivity contribution is 0.480. The van der Waals surface area contributed by atoms with Gasteiger partial charge in [-0.3, -0.25) is 9.11 Å². The van der Waals surface area contributed by atoms with Gasteiger partial charge in [-0.15, -0.1) is 0 Å². The van der Waals surface area contributed by atoms with E-state index in [0.29, 0.717) is 13.1 Å². The lowest BCUT2D eigenvalue weighted by Gasteiger charge is -2.23. The van der Waals surface area contributed by atoms with Gasteiger partial charge in [0.1, 0.15) is 0 Å². The quantitative estimate of drug-likeness (QED) is 0.455. The Kier molecular flexibility index (Phi) is 8.87. The number of rotatable bonds is 12. The van der Waals surface area contributed by atoms with Gasteiger partial charge in [0.15, 0.2) is 0 Å². The first-order valence-corrected chi connectivity index (χ1v) is 13.3. The number of anilines is 2. The largest absolute Gasteiger partial charge is 0.371 e. The first-order valence-electron chi connectivity index (χ1n) is 10.1. The summed E-state index contributed by atoms with van der Waals surface area (Å²) in [5.41, 5.74) is 3.98. The van der Waals surface area contributed by atoms with Crippen molar-refractivity contribution in [3.63, 3.8) is 0 Å². The minimum absolute atomic E-state index is 0.224. The van der Waals surface area contributed by atoms with Crippen LogP contribution in [0.4, 0.5) is 11.4 Å². The van der Waals surface area contributed by atoms with Gasteiger partial charge >= 0.3 is 0 Å².